The van der Waals surface area contributed by atoms with Gasteiger partial charge in [-0.1, -0.05) is 18.6 Å². The number of fused-ring (bicyclic) bond motifs is 1. The zero-order chi connectivity index (χ0) is 17.2. The Morgan fingerprint density at radius 3 is 2.96 bits per heavy atom. The summed E-state index contributed by atoms with van der Waals surface area (Å²) in [4.78, 5) is 17.5. The molecule has 4 rings (SSSR count). The Kier molecular flexibility index (Phi) is 4.28. The molecular weight excluding hydrogens is 312 g/mol. The molecule has 1 aromatic heterocycles. The highest BCUT2D eigenvalue weighted by molar-refractivity contribution is 6.35. The fraction of sp³-hybridized carbons (Fsp3) is 0.368. The van der Waals surface area contributed by atoms with E-state index in [0.29, 0.717) is 11.8 Å². The second-order valence-corrected chi connectivity index (χ2v) is 6.58. The minimum Gasteiger partial charge on any atom is -0.324 e. The summed E-state index contributed by atoms with van der Waals surface area (Å²) in [6.45, 7) is 1.93. The Morgan fingerprint density at radius 1 is 1.20 bits per heavy atom. The maximum Gasteiger partial charge on any atom is 0.228 e. The van der Waals surface area contributed by atoms with Crippen LogP contribution >= 0.6 is 0 Å². The number of aromatic nitrogens is 2. The van der Waals surface area contributed by atoms with Crippen LogP contribution in [-0.4, -0.2) is 28.2 Å². The lowest BCUT2D eigenvalue weighted by atomic mass is 9.96. The molecule has 3 N–H and O–H groups in total. The van der Waals surface area contributed by atoms with Crippen molar-refractivity contribution >= 4 is 18.0 Å². The monoisotopic (exact) mass is 334 g/mol. The highest BCUT2D eigenvalue weighted by atomic mass is 15.2. The van der Waals surface area contributed by atoms with Crippen LogP contribution in [0.3, 0.4) is 0 Å². The van der Waals surface area contributed by atoms with E-state index in [1.165, 1.54) is 24.0 Å². The van der Waals surface area contributed by atoms with E-state index in [1.807, 2.05) is 13.0 Å². The highest BCUT2D eigenvalue weighted by Crippen LogP contribution is 2.30. The van der Waals surface area contributed by atoms with E-state index in [-0.39, 0.29) is 12.2 Å². The van der Waals surface area contributed by atoms with Crippen molar-refractivity contribution in [3.8, 4) is 11.3 Å². The molecule has 2 heterocycles. The molecule has 6 nitrogen and oxygen atoms in total. The van der Waals surface area contributed by atoms with E-state index in [2.05, 4.69) is 43.5 Å². The first-order chi connectivity index (χ1) is 12.2. The predicted molar refractivity (Wildman–Crippen MR) is 101 cm³/mol. The van der Waals surface area contributed by atoms with Crippen molar-refractivity contribution in [2.45, 2.75) is 44.8 Å². The maximum absolute atomic E-state index is 6.30. The maximum atomic E-state index is 6.30. The van der Waals surface area contributed by atoms with Crippen LogP contribution in [0, 0.1) is 0 Å². The standard InChI is InChI=1S/C19H22N6/c1-12-22-11-18(23-12)25-19-21-9-8-17(24-19)14-6-7-15-13(10-14)4-2-3-5-16(15)20/h6-12,16H,2-5,20H2,1H3,(H,21,23,24,25)/t12?,16-/m1/s1. The van der Waals surface area contributed by atoms with Gasteiger partial charge in [0.15, 0.2) is 0 Å². The van der Waals surface area contributed by atoms with E-state index in [0.717, 1.165) is 24.1 Å². The largest absolute Gasteiger partial charge is 0.324 e. The van der Waals surface area contributed by atoms with Gasteiger partial charge in [-0.2, -0.15) is 0 Å². The van der Waals surface area contributed by atoms with Crippen LogP contribution in [0.15, 0.2) is 40.4 Å². The van der Waals surface area contributed by atoms with Crippen LogP contribution in [0.25, 0.3) is 11.3 Å². The van der Waals surface area contributed by atoms with E-state index in [9.17, 15) is 0 Å². The van der Waals surface area contributed by atoms with Gasteiger partial charge >= 0.3 is 0 Å². The average Bonchev–Trinajstić information content (AvgIpc) is 2.93. The van der Waals surface area contributed by atoms with Gasteiger partial charge in [0, 0.05) is 17.8 Å². The molecule has 6 heteroatoms. The van der Waals surface area contributed by atoms with Gasteiger partial charge in [0.1, 0.15) is 12.0 Å². The fourth-order valence-electron chi connectivity index (χ4n) is 3.38. The Hall–Kier alpha value is -2.60. The third kappa shape index (κ3) is 3.44. The third-order valence-electron chi connectivity index (χ3n) is 4.68. The van der Waals surface area contributed by atoms with Gasteiger partial charge < -0.3 is 11.1 Å². The summed E-state index contributed by atoms with van der Waals surface area (Å²) in [5.74, 6) is 1.22. The molecular formula is C19H22N6. The zero-order valence-electron chi connectivity index (χ0n) is 14.3. The lowest BCUT2D eigenvalue weighted by Crippen LogP contribution is -2.14. The van der Waals surface area contributed by atoms with Crippen LogP contribution in [0.5, 0.6) is 0 Å². The van der Waals surface area contributed by atoms with Gasteiger partial charge in [0.2, 0.25) is 5.95 Å². The molecule has 2 aliphatic rings. The summed E-state index contributed by atoms with van der Waals surface area (Å²) < 4.78 is 0. The zero-order valence-corrected chi connectivity index (χ0v) is 14.3. The minimum atomic E-state index is -0.0422. The molecule has 1 aromatic carbocycles. The lowest BCUT2D eigenvalue weighted by molar-refractivity contribution is 0.615. The summed E-state index contributed by atoms with van der Waals surface area (Å²) in [6.07, 6.45) is 7.96. The quantitative estimate of drug-likeness (QED) is 0.826. The van der Waals surface area contributed by atoms with Crippen LogP contribution in [0.1, 0.15) is 43.4 Å². The first-order valence-corrected chi connectivity index (χ1v) is 8.79. The normalized spacial score (nSPS) is 22.2. The number of aliphatic imine (C=N–C) groups is 2. The average molecular weight is 334 g/mol. The highest BCUT2D eigenvalue weighted by Gasteiger charge is 2.16. The van der Waals surface area contributed by atoms with Crippen molar-refractivity contribution in [1.82, 2.24) is 9.97 Å². The van der Waals surface area contributed by atoms with Crippen molar-refractivity contribution in [3.63, 3.8) is 0 Å². The van der Waals surface area contributed by atoms with Crippen molar-refractivity contribution in [2.24, 2.45) is 15.7 Å². The number of nitrogens with one attached hydrogen (secondary N) is 1. The molecule has 2 aromatic rings. The molecule has 0 amide bonds. The van der Waals surface area contributed by atoms with Crippen molar-refractivity contribution < 1.29 is 0 Å². The first-order valence-electron chi connectivity index (χ1n) is 8.79. The van der Waals surface area contributed by atoms with Gasteiger partial charge in [-0.15, -0.1) is 0 Å². The van der Waals surface area contributed by atoms with Crippen LogP contribution in [-0.2, 0) is 6.42 Å². The molecule has 0 spiro atoms. The molecule has 2 atom stereocenters. The summed E-state index contributed by atoms with van der Waals surface area (Å²) in [5, 5.41) is 3.12. The van der Waals surface area contributed by atoms with E-state index < -0.39 is 0 Å². The third-order valence-corrected chi connectivity index (χ3v) is 4.68. The molecule has 128 valence electrons. The Labute approximate surface area is 147 Å². The SMILES string of the molecule is CC1N=CC(Nc2nccc(-c3ccc4c(c3)CCCC[C@H]4N)n2)=N1. The topological polar surface area (TPSA) is 88.5 Å². The van der Waals surface area contributed by atoms with Gasteiger partial charge in [0.25, 0.3) is 0 Å². The van der Waals surface area contributed by atoms with Crippen LogP contribution in [0.2, 0.25) is 0 Å². The molecule has 1 aliphatic heterocycles. The van der Waals surface area contributed by atoms with Crippen LogP contribution < -0.4 is 11.1 Å². The minimum absolute atomic E-state index is 0.0422. The number of nitrogens with zero attached hydrogens (tertiary/aromatic N) is 4. The fourth-order valence-corrected chi connectivity index (χ4v) is 3.38. The van der Waals surface area contributed by atoms with Gasteiger partial charge in [-0.05, 0) is 49.4 Å². The smallest absolute Gasteiger partial charge is 0.228 e. The number of hydrogen-bond donors (Lipinski definition) is 2. The summed E-state index contributed by atoms with van der Waals surface area (Å²) in [7, 11) is 0. The van der Waals surface area contributed by atoms with Gasteiger partial charge in [0.05, 0.1) is 11.9 Å². The molecule has 0 bridgehead atoms. The Balaban J connectivity index is 1.62. The van der Waals surface area contributed by atoms with Crippen molar-refractivity contribution in [1.29, 1.82) is 0 Å². The number of nitrogens with two attached hydrogens (primary N) is 1. The number of hydrogen-bond acceptors (Lipinski definition) is 6. The second-order valence-electron chi connectivity index (χ2n) is 6.58. The number of aryl methyl sites for hydroxylation is 1. The van der Waals surface area contributed by atoms with E-state index >= 15 is 0 Å². The number of amidine groups is 1. The second kappa shape index (κ2) is 6.72. The first kappa shape index (κ1) is 15.9. The molecule has 0 saturated carbocycles. The number of anilines is 1. The molecule has 1 aliphatic carbocycles. The molecule has 0 fully saturated rings. The molecule has 0 radical (unpaired) electrons. The lowest BCUT2D eigenvalue weighted by Gasteiger charge is -2.14. The van der Waals surface area contributed by atoms with Gasteiger partial charge in [-0.3, -0.25) is 4.99 Å². The van der Waals surface area contributed by atoms with E-state index in [4.69, 9.17) is 5.73 Å². The Morgan fingerprint density at radius 2 is 2.12 bits per heavy atom. The van der Waals surface area contributed by atoms with E-state index in [1.54, 1.807) is 12.4 Å². The predicted octanol–water partition coefficient (Wildman–Crippen LogP) is 3.11. The molecule has 0 saturated heterocycles. The summed E-state index contributed by atoms with van der Waals surface area (Å²) in [5.41, 5.74) is 10.9. The Bertz CT molecular complexity index is 842. The number of benzene rings is 1. The molecule has 1 unspecified atom stereocenters. The van der Waals surface area contributed by atoms with Crippen molar-refractivity contribution in [2.75, 3.05) is 5.32 Å². The summed E-state index contributed by atoms with van der Waals surface area (Å²) in [6, 6.07) is 8.56. The summed E-state index contributed by atoms with van der Waals surface area (Å²) >= 11 is 0. The van der Waals surface area contributed by atoms with Gasteiger partial charge in [-0.25, -0.2) is 15.0 Å². The number of rotatable bonds is 2. The molecule has 25 heavy (non-hydrogen) atoms. The van der Waals surface area contributed by atoms with Crippen LogP contribution in [0.4, 0.5) is 5.95 Å². The van der Waals surface area contributed by atoms with Crippen molar-refractivity contribution in [3.05, 3.63) is 41.6 Å².